The number of hydrogen-bond donors (Lipinski definition) is 2. The molecule has 0 spiro atoms. The van der Waals surface area contributed by atoms with E-state index in [4.69, 9.17) is 5.11 Å². The molecule has 2 N–H and O–H groups in total. The Morgan fingerprint density at radius 2 is 1.79 bits per heavy atom. The van der Waals surface area contributed by atoms with Crippen LogP contribution >= 0.6 is 22.6 Å². The van der Waals surface area contributed by atoms with Gasteiger partial charge in [-0.2, -0.15) is 0 Å². The van der Waals surface area contributed by atoms with Gasteiger partial charge >= 0.3 is 0 Å². The second kappa shape index (κ2) is 7.06. The third-order valence-corrected chi connectivity index (χ3v) is 2.73. The summed E-state index contributed by atoms with van der Waals surface area (Å²) in [5.41, 5.74) is 1.18. The molecule has 1 rings (SSSR count). The number of unbranched alkanes of at least 4 members (excludes halogenated alkanes) is 2. The molecule has 0 aromatic heterocycles. The number of hydrogen-bond acceptors (Lipinski definition) is 2. The average Bonchev–Trinajstić information content (AvgIpc) is 2.21. The van der Waals surface area contributed by atoms with Gasteiger partial charge in [-0.3, -0.25) is 0 Å². The quantitative estimate of drug-likeness (QED) is 0.626. The molecule has 0 aliphatic rings. The van der Waals surface area contributed by atoms with Crippen molar-refractivity contribution in [3.8, 4) is 0 Å². The van der Waals surface area contributed by atoms with Gasteiger partial charge in [0.15, 0.2) is 0 Å². The number of rotatable bonds is 6. The first-order chi connectivity index (χ1) is 6.83. The Bertz CT molecular complexity index is 248. The highest BCUT2D eigenvalue weighted by Crippen LogP contribution is 2.11. The Morgan fingerprint density at radius 3 is 2.43 bits per heavy atom. The molecule has 0 unspecified atom stereocenters. The fourth-order valence-corrected chi connectivity index (χ4v) is 1.57. The predicted molar refractivity (Wildman–Crippen MR) is 68.6 cm³/mol. The highest BCUT2D eigenvalue weighted by atomic mass is 127. The van der Waals surface area contributed by atoms with E-state index in [1.165, 1.54) is 9.26 Å². The fraction of sp³-hybridized carbons (Fsp3) is 0.455. The van der Waals surface area contributed by atoms with Crippen molar-refractivity contribution in [3.63, 3.8) is 0 Å². The van der Waals surface area contributed by atoms with Crippen molar-refractivity contribution < 1.29 is 5.11 Å². The van der Waals surface area contributed by atoms with Crippen LogP contribution in [0.25, 0.3) is 0 Å². The molecule has 0 bridgehead atoms. The zero-order chi connectivity index (χ0) is 10.2. The minimum atomic E-state index is 0.309. The van der Waals surface area contributed by atoms with Crippen LogP contribution in [0.3, 0.4) is 0 Å². The molecule has 0 heterocycles. The number of aliphatic hydroxyl groups is 1. The molecule has 0 saturated heterocycles. The van der Waals surface area contributed by atoms with Gasteiger partial charge in [-0.25, -0.2) is 0 Å². The standard InChI is InChI=1S/C11H16INO/c12-10-4-6-11(7-5-10)13-8-2-1-3-9-14/h4-7,13-14H,1-3,8-9H2. The largest absolute Gasteiger partial charge is 0.396 e. The first-order valence-corrected chi connectivity index (χ1v) is 6.01. The van der Waals surface area contributed by atoms with E-state index < -0.39 is 0 Å². The number of benzene rings is 1. The van der Waals surface area contributed by atoms with Gasteiger partial charge in [0.05, 0.1) is 0 Å². The molecule has 78 valence electrons. The van der Waals surface area contributed by atoms with Crippen LogP contribution in [-0.4, -0.2) is 18.3 Å². The van der Waals surface area contributed by atoms with Crippen LogP contribution in [0.5, 0.6) is 0 Å². The smallest absolute Gasteiger partial charge is 0.0431 e. The Hall–Kier alpha value is -0.290. The van der Waals surface area contributed by atoms with Crippen molar-refractivity contribution in [3.05, 3.63) is 27.8 Å². The molecule has 0 radical (unpaired) electrons. The number of nitrogens with one attached hydrogen (secondary N) is 1. The topological polar surface area (TPSA) is 32.3 Å². The molecule has 2 nitrogen and oxygen atoms in total. The lowest BCUT2D eigenvalue weighted by atomic mass is 10.2. The number of halogens is 1. The molecular formula is C11H16INO. The lowest BCUT2D eigenvalue weighted by Crippen LogP contribution is -2.01. The van der Waals surface area contributed by atoms with Gasteiger partial charge in [-0.1, -0.05) is 0 Å². The van der Waals surface area contributed by atoms with Gasteiger partial charge in [0.1, 0.15) is 0 Å². The van der Waals surface area contributed by atoms with Gasteiger partial charge in [-0.15, -0.1) is 0 Å². The molecule has 0 aliphatic carbocycles. The summed E-state index contributed by atoms with van der Waals surface area (Å²) < 4.78 is 1.26. The monoisotopic (exact) mass is 305 g/mol. The lowest BCUT2D eigenvalue weighted by Gasteiger charge is -2.05. The summed E-state index contributed by atoms with van der Waals surface area (Å²) in [7, 11) is 0. The van der Waals surface area contributed by atoms with Crippen LogP contribution in [0, 0.1) is 3.57 Å². The van der Waals surface area contributed by atoms with E-state index in [0.29, 0.717) is 6.61 Å². The Labute approximate surface area is 98.9 Å². The zero-order valence-corrected chi connectivity index (χ0v) is 10.3. The maximum atomic E-state index is 8.59. The average molecular weight is 305 g/mol. The van der Waals surface area contributed by atoms with E-state index in [2.05, 4.69) is 52.2 Å². The maximum absolute atomic E-state index is 8.59. The van der Waals surface area contributed by atoms with Crippen molar-refractivity contribution in [2.45, 2.75) is 19.3 Å². The Morgan fingerprint density at radius 1 is 1.07 bits per heavy atom. The maximum Gasteiger partial charge on any atom is 0.0431 e. The van der Waals surface area contributed by atoms with Gasteiger partial charge in [-0.05, 0) is 66.1 Å². The van der Waals surface area contributed by atoms with Crippen LogP contribution < -0.4 is 5.32 Å². The highest BCUT2D eigenvalue weighted by molar-refractivity contribution is 14.1. The third kappa shape index (κ3) is 4.81. The summed E-state index contributed by atoms with van der Waals surface area (Å²) in [6.07, 6.45) is 3.12. The molecule has 1 aromatic rings. The summed E-state index contributed by atoms with van der Waals surface area (Å²) >= 11 is 2.30. The minimum Gasteiger partial charge on any atom is -0.396 e. The summed E-state index contributed by atoms with van der Waals surface area (Å²) in [4.78, 5) is 0. The van der Waals surface area contributed by atoms with Crippen molar-refractivity contribution in [2.24, 2.45) is 0 Å². The van der Waals surface area contributed by atoms with Gasteiger partial charge in [0, 0.05) is 22.4 Å². The van der Waals surface area contributed by atoms with E-state index in [-0.39, 0.29) is 0 Å². The van der Waals surface area contributed by atoms with Crippen molar-refractivity contribution in [1.29, 1.82) is 0 Å². The van der Waals surface area contributed by atoms with Crippen LogP contribution in [0.15, 0.2) is 24.3 Å². The van der Waals surface area contributed by atoms with Crippen LogP contribution in [0.4, 0.5) is 5.69 Å². The number of anilines is 1. The van der Waals surface area contributed by atoms with E-state index >= 15 is 0 Å². The minimum absolute atomic E-state index is 0.309. The fourth-order valence-electron chi connectivity index (χ4n) is 1.21. The van der Waals surface area contributed by atoms with Gasteiger partial charge in [0.2, 0.25) is 0 Å². The molecule has 0 atom stereocenters. The Kier molecular flexibility index (Phi) is 5.94. The summed E-state index contributed by atoms with van der Waals surface area (Å²) in [6.45, 7) is 1.30. The lowest BCUT2D eigenvalue weighted by molar-refractivity contribution is 0.283. The van der Waals surface area contributed by atoms with Crippen LogP contribution in [-0.2, 0) is 0 Å². The predicted octanol–water partition coefficient (Wildman–Crippen LogP) is 2.87. The van der Waals surface area contributed by atoms with Crippen molar-refractivity contribution >= 4 is 28.3 Å². The van der Waals surface area contributed by atoms with Gasteiger partial charge in [0.25, 0.3) is 0 Å². The summed E-state index contributed by atoms with van der Waals surface area (Å²) in [6, 6.07) is 8.37. The SMILES string of the molecule is OCCCCCNc1ccc(I)cc1. The first kappa shape index (κ1) is 11.8. The number of aliphatic hydroxyl groups excluding tert-OH is 1. The van der Waals surface area contributed by atoms with Crippen LogP contribution in [0.1, 0.15) is 19.3 Å². The van der Waals surface area contributed by atoms with Crippen LogP contribution in [0.2, 0.25) is 0 Å². The molecule has 0 saturated carbocycles. The van der Waals surface area contributed by atoms with E-state index in [1.54, 1.807) is 0 Å². The molecule has 0 fully saturated rings. The molecule has 0 amide bonds. The van der Waals surface area contributed by atoms with E-state index in [1.807, 2.05) is 0 Å². The van der Waals surface area contributed by atoms with Crippen molar-refractivity contribution in [2.75, 3.05) is 18.5 Å². The molecule has 1 aromatic carbocycles. The van der Waals surface area contributed by atoms with E-state index in [9.17, 15) is 0 Å². The molecule has 3 heteroatoms. The molecule has 0 aliphatic heterocycles. The van der Waals surface area contributed by atoms with Gasteiger partial charge < -0.3 is 10.4 Å². The second-order valence-corrected chi connectivity index (χ2v) is 4.46. The first-order valence-electron chi connectivity index (χ1n) is 4.93. The normalized spacial score (nSPS) is 10.1. The third-order valence-electron chi connectivity index (χ3n) is 2.01. The molecule has 14 heavy (non-hydrogen) atoms. The van der Waals surface area contributed by atoms with E-state index in [0.717, 1.165) is 25.8 Å². The van der Waals surface area contributed by atoms with Crippen molar-refractivity contribution in [1.82, 2.24) is 0 Å². The highest BCUT2D eigenvalue weighted by Gasteiger charge is 1.91. The Balaban J connectivity index is 2.15. The molecular weight excluding hydrogens is 289 g/mol. The zero-order valence-electron chi connectivity index (χ0n) is 8.17. The second-order valence-electron chi connectivity index (χ2n) is 3.22. The summed E-state index contributed by atoms with van der Waals surface area (Å²) in [5, 5.41) is 11.9. The summed E-state index contributed by atoms with van der Waals surface area (Å²) in [5.74, 6) is 0.